The number of aryl methyl sites for hydroxylation is 1. The van der Waals surface area contributed by atoms with Crippen LogP contribution in [0.15, 0.2) is 49.1 Å². The van der Waals surface area contributed by atoms with Crippen LogP contribution >= 0.6 is 0 Å². The van der Waals surface area contributed by atoms with Gasteiger partial charge in [-0.1, -0.05) is 30.3 Å². The third-order valence-corrected chi connectivity index (χ3v) is 5.09. The molecular weight excluding hydrogens is 342 g/mol. The maximum atomic E-state index is 12.8. The van der Waals surface area contributed by atoms with Crippen molar-refractivity contribution in [1.82, 2.24) is 19.8 Å². The van der Waals surface area contributed by atoms with E-state index in [9.17, 15) is 9.59 Å². The van der Waals surface area contributed by atoms with Crippen LogP contribution in [-0.4, -0.2) is 45.9 Å². The first-order valence-electron chi connectivity index (χ1n) is 9.43. The van der Waals surface area contributed by atoms with E-state index in [0.29, 0.717) is 0 Å². The quantitative estimate of drug-likeness (QED) is 0.734. The van der Waals surface area contributed by atoms with Crippen LogP contribution in [0, 0.1) is 5.92 Å². The third kappa shape index (κ3) is 5.65. The fourth-order valence-corrected chi connectivity index (χ4v) is 3.57. The maximum absolute atomic E-state index is 12.8. The van der Waals surface area contributed by atoms with E-state index in [4.69, 9.17) is 5.73 Å². The van der Waals surface area contributed by atoms with Gasteiger partial charge in [-0.15, -0.1) is 0 Å². The van der Waals surface area contributed by atoms with Gasteiger partial charge in [-0.3, -0.25) is 14.5 Å². The predicted octanol–water partition coefficient (Wildman–Crippen LogP) is 1.33. The van der Waals surface area contributed by atoms with Crippen molar-refractivity contribution in [2.24, 2.45) is 11.7 Å². The molecule has 0 unspecified atom stereocenters. The summed E-state index contributed by atoms with van der Waals surface area (Å²) in [4.78, 5) is 30.0. The number of piperidine rings is 1. The van der Waals surface area contributed by atoms with Gasteiger partial charge in [-0.05, 0) is 37.9 Å². The van der Waals surface area contributed by atoms with Gasteiger partial charge < -0.3 is 15.6 Å². The maximum Gasteiger partial charge on any atom is 0.231 e. The number of rotatable bonds is 8. The summed E-state index contributed by atoms with van der Waals surface area (Å²) in [5.74, 6) is -0.247. The van der Waals surface area contributed by atoms with Crippen LogP contribution < -0.4 is 11.1 Å². The summed E-state index contributed by atoms with van der Waals surface area (Å²) in [6.07, 6.45) is 7.78. The molecule has 0 aliphatic carbocycles. The van der Waals surface area contributed by atoms with Crippen molar-refractivity contribution < 1.29 is 9.59 Å². The average Bonchev–Trinajstić information content (AvgIpc) is 3.19. The molecule has 1 aromatic carbocycles. The molecule has 1 saturated heterocycles. The van der Waals surface area contributed by atoms with E-state index in [0.717, 1.165) is 44.5 Å². The molecule has 1 aliphatic heterocycles. The first-order chi connectivity index (χ1) is 13.1. The van der Waals surface area contributed by atoms with Gasteiger partial charge in [0.05, 0.1) is 18.9 Å². The monoisotopic (exact) mass is 369 g/mol. The second kappa shape index (κ2) is 9.32. The molecule has 2 heterocycles. The van der Waals surface area contributed by atoms with Crippen LogP contribution in [0.3, 0.4) is 0 Å². The number of nitrogens with two attached hydrogens (primary N) is 1. The molecule has 3 rings (SSSR count). The number of hydrogen-bond acceptors (Lipinski definition) is 4. The minimum atomic E-state index is -0.318. The van der Waals surface area contributed by atoms with E-state index >= 15 is 0 Å². The Labute approximate surface area is 159 Å². The Bertz CT molecular complexity index is 724. The van der Waals surface area contributed by atoms with E-state index in [1.807, 2.05) is 46.0 Å². The molecule has 144 valence electrons. The number of hydrogen-bond donors (Lipinski definition) is 2. The zero-order chi connectivity index (χ0) is 19.1. The lowest BCUT2D eigenvalue weighted by molar-refractivity contribution is -0.127. The van der Waals surface area contributed by atoms with Crippen molar-refractivity contribution >= 4 is 11.8 Å². The molecule has 2 aromatic rings. The molecule has 0 radical (unpaired) electrons. The molecule has 0 spiro atoms. The Hall–Kier alpha value is -2.67. The molecule has 27 heavy (non-hydrogen) atoms. The number of nitrogens with zero attached hydrogens (tertiary/aromatic N) is 3. The highest BCUT2D eigenvalue weighted by molar-refractivity contribution is 5.79. The molecule has 7 heteroatoms. The number of amides is 2. The van der Waals surface area contributed by atoms with E-state index in [1.54, 1.807) is 12.5 Å². The average molecular weight is 369 g/mol. The summed E-state index contributed by atoms with van der Waals surface area (Å²) in [5, 5.41) is 3.24. The van der Waals surface area contributed by atoms with Gasteiger partial charge in [0, 0.05) is 24.9 Å². The molecule has 1 atom stereocenters. The van der Waals surface area contributed by atoms with E-state index in [2.05, 4.69) is 10.3 Å². The number of aromatic nitrogens is 2. The van der Waals surface area contributed by atoms with Gasteiger partial charge in [0.15, 0.2) is 0 Å². The topological polar surface area (TPSA) is 93.3 Å². The Morgan fingerprint density at radius 1 is 1.22 bits per heavy atom. The van der Waals surface area contributed by atoms with Crippen molar-refractivity contribution in [2.75, 3.05) is 19.6 Å². The summed E-state index contributed by atoms with van der Waals surface area (Å²) in [6.45, 7) is 2.51. The number of primary amides is 1. The highest BCUT2D eigenvalue weighted by Crippen LogP contribution is 2.22. The van der Waals surface area contributed by atoms with E-state index in [-0.39, 0.29) is 30.3 Å². The number of benzene rings is 1. The summed E-state index contributed by atoms with van der Waals surface area (Å²) in [5.41, 5.74) is 6.36. The van der Waals surface area contributed by atoms with Crippen molar-refractivity contribution in [3.63, 3.8) is 0 Å². The molecule has 2 amide bonds. The molecule has 7 nitrogen and oxygen atoms in total. The van der Waals surface area contributed by atoms with Gasteiger partial charge in [-0.2, -0.15) is 0 Å². The number of carbonyl (C=O) groups excluding carboxylic acids is 2. The Morgan fingerprint density at radius 3 is 2.59 bits per heavy atom. The van der Waals surface area contributed by atoms with Gasteiger partial charge in [0.2, 0.25) is 11.8 Å². The largest absolute Gasteiger partial charge is 0.369 e. The van der Waals surface area contributed by atoms with Crippen LogP contribution in [0.4, 0.5) is 0 Å². The SMILES string of the molecule is NC(=O)CN1CCC(C(=O)N[C@H](CCn2ccnc2)c2ccccc2)CC1. The Balaban J connectivity index is 1.58. The normalized spacial score (nSPS) is 16.7. The number of carbonyl (C=O) groups is 2. The van der Waals surface area contributed by atoms with Crippen molar-refractivity contribution in [3.8, 4) is 0 Å². The van der Waals surface area contributed by atoms with Crippen molar-refractivity contribution in [1.29, 1.82) is 0 Å². The smallest absolute Gasteiger partial charge is 0.231 e. The summed E-state index contributed by atoms with van der Waals surface area (Å²) in [7, 11) is 0. The lowest BCUT2D eigenvalue weighted by Gasteiger charge is -2.31. The lowest BCUT2D eigenvalue weighted by atomic mass is 9.94. The summed E-state index contributed by atoms with van der Waals surface area (Å²) >= 11 is 0. The lowest BCUT2D eigenvalue weighted by Crippen LogP contribution is -2.44. The van der Waals surface area contributed by atoms with E-state index in [1.165, 1.54) is 0 Å². The van der Waals surface area contributed by atoms with Crippen LogP contribution in [0.5, 0.6) is 0 Å². The minimum absolute atomic E-state index is 0.0198. The van der Waals surface area contributed by atoms with Crippen molar-refractivity contribution in [2.45, 2.75) is 31.8 Å². The highest BCUT2D eigenvalue weighted by Gasteiger charge is 2.27. The second-order valence-corrected chi connectivity index (χ2v) is 7.08. The number of nitrogens with one attached hydrogen (secondary N) is 1. The Morgan fingerprint density at radius 2 is 1.96 bits per heavy atom. The van der Waals surface area contributed by atoms with Gasteiger partial charge in [0.1, 0.15) is 0 Å². The molecule has 3 N–H and O–H groups in total. The molecule has 1 fully saturated rings. The first-order valence-corrected chi connectivity index (χ1v) is 9.43. The molecular formula is C20H27N5O2. The standard InChI is InChI=1S/C20H27N5O2/c21-19(26)14-24-10-6-17(7-11-24)20(27)23-18(16-4-2-1-3-5-16)8-12-25-13-9-22-15-25/h1-5,9,13,15,17-18H,6-8,10-12,14H2,(H2,21,26)(H,23,27)/t18-/m1/s1. The zero-order valence-electron chi connectivity index (χ0n) is 15.5. The Kier molecular flexibility index (Phi) is 6.59. The molecule has 0 saturated carbocycles. The number of likely N-dealkylation sites (tertiary alicyclic amines) is 1. The fourth-order valence-electron chi connectivity index (χ4n) is 3.57. The van der Waals surface area contributed by atoms with Crippen LogP contribution in [0.25, 0.3) is 0 Å². The van der Waals surface area contributed by atoms with Crippen molar-refractivity contribution in [3.05, 3.63) is 54.6 Å². The van der Waals surface area contributed by atoms with Gasteiger partial charge in [0.25, 0.3) is 0 Å². The minimum Gasteiger partial charge on any atom is -0.369 e. The molecule has 1 aliphatic rings. The van der Waals surface area contributed by atoms with Crippen LogP contribution in [0.2, 0.25) is 0 Å². The van der Waals surface area contributed by atoms with E-state index < -0.39 is 0 Å². The van der Waals surface area contributed by atoms with Gasteiger partial charge >= 0.3 is 0 Å². The second-order valence-electron chi connectivity index (χ2n) is 7.08. The first kappa shape index (κ1) is 19.1. The fraction of sp³-hybridized carbons (Fsp3) is 0.450. The van der Waals surface area contributed by atoms with Crippen LogP contribution in [0.1, 0.15) is 30.9 Å². The zero-order valence-corrected chi connectivity index (χ0v) is 15.5. The summed E-state index contributed by atoms with van der Waals surface area (Å²) < 4.78 is 2.02. The molecule has 0 bridgehead atoms. The van der Waals surface area contributed by atoms with Gasteiger partial charge in [-0.25, -0.2) is 4.98 Å². The predicted molar refractivity (Wildman–Crippen MR) is 103 cm³/mol. The third-order valence-electron chi connectivity index (χ3n) is 5.09. The van der Waals surface area contributed by atoms with Crippen LogP contribution in [-0.2, 0) is 16.1 Å². The highest BCUT2D eigenvalue weighted by atomic mass is 16.2. The summed E-state index contributed by atoms with van der Waals surface area (Å²) in [6, 6.07) is 10.0. The molecule has 1 aromatic heterocycles. The number of imidazole rings is 1.